The van der Waals surface area contributed by atoms with Crippen molar-refractivity contribution in [3.63, 3.8) is 0 Å². The SMILES string of the molecule is C=CC(=O)N1CCCc2c(C(=O)N(C)Cc3nc(C)cs3)cccc21. The summed E-state index contributed by atoms with van der Waals surface area (Å²) in [6.45, 7) is 6.66. The first-order valence-corrected chi connectivity index (χ1v) is 9.11. The van der Waals surface area contributed by atoms with Gasteiger partial charge in [-0.15, -0.1) is 11.3 Å². The zero-order chi connectivity index (χ0) is 18.0. The lowest BCUT2D eigenvalue weighted by molar-refractivity contribution is -0.114. The van der Waals surface area contributed by atoms with E-state index in [0.717, 1.165) is 34.8 Å². The molecule has 0 unspecified atom stereocenters. The Bertz CT molecular complexity index is 828. The van der Waals surface area contributed by atoms with Crippen molar-refractivity contribution in [3.8, 4) is 0 Å². The maximum atomic E-state index is 13.0. The molecule has 0 spiro atoms. The molecule has 0 aliphatic carbocycles. The molecule has 3 rings (SSSR count). The lowest BCUT2D eigenvalue weighted by atomic mass is 9.95. The molecule has 1 aromatic carbocycles. The zero-order valence-corrected chi connectivity index (χ0v) is 15.3. The van der Waals surface area contributed by atoms with Gasteiger partial charge in [0.2, 0.25) is 5.91 Å². The number of aromatic nitrogens is 1. The monoisotopic (exact) mass is 355 g/mol. The summed E-state index contributed by atoms with van der Waals surface area (Å²) in [5.41, 5.74) is 3.39. The average Bonchev–Trinajstić information content (AvgIpc) is 3.04. The molecule has 1 aliphatic heterocycles. The van der Waals surface area contributed by atoms with E-state index in [1.807, 2.05) is 30.5 Å². The van der Waals surface area contributed by atoms with E-state index in [9.17, 15) is 9.59 Å². The van der Waals surface area contributed by atoms with Crippen molar-refractivity contribution in [3.05, 3.63) is 58.1 Å². The number of rotatable bonds is 4. The van der Waals surface area contributed by atoms with Gasteiger partial charge in [0.05, 0.1) is 6.54 Å². The summed E-state index contributed by atoms with van der Waals surface area (Å²) in [6, 6.07) is 5.58. The molecule has 130 valence electrons. The second-order valence-electron chi connectivity index (χ2n) is 6.14. The highest BCUT2D eigenvalue weighted by Crippen LogP contribution is 2.31. The van der Waals surface area contributed by atoms with E-state index >= 15 is 0 Å². The minimum absolute atomic E-state index is 0.0439. The number of aryl methyl sites for hydroxylation is 1. The third-order valence-electron chi connectivity index (χ3n) is 4.31. The van der Waals surface area contributed by atoms with Crippen LogP contribution < -0.4 is 4.90 Å². The number of carbonyl (C=O) groups is 2. The number of thiazole rings is 1. The quantitative estimate of drug-likeness (QED) is 0.792. The van der Waals surface area contributed by atoms with E-state index in [1.165, 1.54) is 6.08 Å². The van der Waals surface area contributed by atoms with Crippen LogP contribution >= 0.6 is 11.3 Å². The Balaban J connectivity index is 1.88. The first kappa shape index (κ1) is 17.4. The molecule has 0 bridgehead atoms. The Morgan fingerprint density at radius 2 is 2.24 bits per heavy atom. The Morgan fingerprint density at radius 1 is 1.44 bits per heavy atom. The Labute approximate surface area is 151 Å². The molecule has 0 saturated carbocycles. The average molecular weight is 355 g/mol. The van der Waals surface area contributed by atoms with Gasteiger partial charge in [-0.3, -0.25) is 9.59 Å². The van der Waals surface area contributed by atoms with E-state index in [-0.39, 0.29) is 11.8 Å². The van der Waals surface area contributed by atoms with Crippen LogP contribution in [0.5, 0.6) is 0 Å². The summed E-state index contributed by atoms with van der Waals surface area (Å²) >= 11 is 1.56. The van der Waals surface area contributed by atoms with Gasteiger partial charge >= 0.3 is 0 Å². The number of amides is 2. The van der Waals surface area contributed by atoms with E-state index in [1.54, 1.807) is 28.2 Å². The molecular formula is C19H21N3O2S. The highest BCUT2D eigenvalue weighted by Gasteiger charge is 2.26. The summed E-state index contributed by atoms with van der Waals surface area (Å²) < 4.78 is 0. The van der Waals surface area contributed by atoms with Crippen molar-refractivity contribution in [2.75, 3.05) is 18.5 Å². The maximum Gasteiger partial charge on any atom is 0.254 e. The minimum Gasteiger partial charge on any atom is -0.335 e. The Morgan fingerprint density at radius 3 is 2.92 bits per heavy atom. The molecular weight excluding hydrogens is 334 g/mol. The largest absolute Gasteiger partial charge is 0.335 e. The molecule has 1 aromatic heterocycles. The zero-order valence-electron chi connectivity index (χ0n) is 14.5. The van der Waals surface area contributed by atoms with Crippen LogP contribution in [0.1, 0.15) is 33.0 Å². The van der Waals surface area contributed by atoms with Gasteiger partial charge in [-0.2, -0.15) is 0 Å². The van der Waals surface area contributed by atoms with Gasteiger partial charge < -0.3 is 9.80 Å². The van der Waals surface area contributed by atoms with Gasteiger partial charge in [0, 0.05) is 35.9 Å². The molecule has 5 nitrogen and oxygen atoms in total. The fourth-order valence-electron chi connectivity index (χ4n) is 3.12. The molecule has 0 radical (unpaired) electrons. The lowest BCUT2D eigenvalue weighted by Crippen LogP contribution is -2.35. The van der Waals surface area contributed by atoms with E-state index in [2.05, 4.69) is 11.6 Å². The number of hydrogen-bond donors (Lipinski definition) is 0. The number of fused-ring (bicyclic) bond motifs is 1. The van der Waals surface area contributed by atoms with Crippen LogP contribution in [0.3, 0.4) is 0 Å². The first-order valence-electron chi connectivity index (χ1n) is 8.23. The van der Waals surface area contributed by atoms with Gasteiger partial charge in [0.1, 0.15) is 5.01 Å². The summed E-state index contributed by atoms with van der Waals surface area (Å²) in [5, 5.41) is 2.90. The second-order valence-corrected chi connectivity index (χ2v) is 7.09. The van der Waals surface area contributed by atoms with Gasteiger partial charge in [-0.25, -0.2) is 4.98 Å². The third-order valence-corrected chi connectivity index (χ3v) is 5.26. The number of carbonyl (C=O) groups excluding carboxylic acids is 2. The van der Waals surface area contributed by atoms with Crippen molar-refractivity contribution >= 4 is 28.8 Å². The predicted molar refractivity (Wildman–Crippen MR) is 100.0 cm³/mol. The summed E-state index contributed by atoms with van der Waals surface area (Å²) in [6.07, 6.45) is 2.95. The second kappa shape index (κ2) is 7.19. The number of hydrogen-bond acceptors (Lipinski definition) is 4. The fraction of sp³-hybridized carbons (Fsp3) is 0.316. The molecule has 6 heteroatoms. The summed E-state index contributed by atoms with van der Waals surface area (Å²) in [7, 11) is 1.79. The van der Waals surface area contributed by atoms with Gasteiger partial charge in [-0.1, -0.05) is 12.6 Å². The third kappa shape index (κ3) is 3.49. The molecule has 25 heavy (non-hydrogen) atoms. The predicted octanol–water partition coefficient (Wildman–Crippen LogP) is 3.19. The number of anilines is 1. The van der Waals surface area contributed by atoms with Crippen LogP contribution in [0.25, 0.3) is 0 Å². The molecule has 2 heterocycles. The van der Waals surface area contributed by atoms with Crippen molar-refractivity contribution in [1.29, 1.82) is 0 Å². The highest BCUT2D eigenvalue weighted by molar-refractivity contribution is 7.09. The van der Waals surface area contributed by atoms with Gasteiger partial charge in [0.15, 0.2) is 0 Å². The van der Waals surface area contributed by atoms with Gasteiger partial charge in [0.25, 0.3) is 5.91 Å². The van der Waals surface area contributed by atoms with E-state index in [0.29, 0.717) is 18.7 Å². The maximum absolute atomic E-state index is 13.0. The van der Waals surface area contributed by atoms with Gasteiger partial charge in [-0.05, 0) is 43.5 Å². The van der Waals surface area contributed by atoms with Crippen molar-refractivity contribution < 1.29 is 9.59 Å². The smallest absolute Gasteiger partial charge is 0.254 e. The fourth-order valence-corrected chi connectivity index (χ4v) is 3.94. The Kier molecular flexibility index (Phi) is 4.99. The van der Waals surface area contributed by atoms with Crippen LogP contribution in [-0.2, 0) is 17.8 Å². The van der Waals surface area contributed by atoms with Crippen LogP contribution in [0.2, 0.25) is 0 Å². The molecule has 0 saturated heterocycles. The number of benzene rings is 1. The van der Waals surface area contributed by atoms with Crippen LogP contribution in [-0.4, -0.2) is 35.3 Å². The van der Waals surface area contributed by atoms with Crippen molar-refractivity contribution in [2.45, 2.75) is 26.3 Å². The molecule has 0 atom stereocenters. The molecule has 1 aliphatic rings. The van der Waals surface area contributed by atoms with Crippen LogP contribution in [0.4, 0.5) is 5.69 Å². The van der Waals surface area contributed by atoms with E-state index < -0.39 is 0 Å². The number of nitrogens with zero attached hydrogens (tertiary/aromatic N) is 3. The molecule has 2 amide bonds. The molecule has 0 fully saturated rings. The first-order chi connectivity index (χ1) is 12.0. The van der Waals surface area contributed by atoms with Crippen molar-refractivity contribution in [1.82, 2.24) is 9.88 Å². The lowest BCUT2D eigenvalue weighted by Gasteiger charge is -2.30. The van der Waals surface area contributed by atoms with Crippen LogP contribution in [0, 0.1) is 6.92 Å². The summed E-state index contributed by atoms with van der Waals surface area (Å²) in [5.74, 6) is -0.172. The topological polar surface area (TPSA) is 53.5 Å². The molecule has 2 aromatic rings. The Hall–Kier alpha value is -2.47. The van der Waals surface area contributed by atoms with Crippen molar-refractivity contribution in [2.24, 2.45) is 0 Å². The highest BCUT2D eigenvalue weighted by atomic mass is 32.1. The normalized spacial score (nSPS) is 13.3. The standard InChI is InChI=1S/C19H21N3O2S/c1-4-18(23)22-10-6-8-14-15(7-5-9-16(14)22)19(24)21(3)11-17-20-13(2)12-25-17/h4-5,7,9,12H,1,6,8,10-11H2,2-3H3. The van der Waals surface area contributed by atoms with Crippen LogP contribution in [0.15, 0.2) is 36.2 Å². The molecule has 0 N–H and O–H groups in total. The van der Waals surface area contributed by atoms with E-state index in [4.69, 9.17) is 0 Å². The summed E-state index contributed by atoms with van der Waals surface area (Å²) in [4.78, 5) is 32.9. The minimum atomic E-state index is -0.128.